The van der Waals surface area contributed by atoms with E-state index < -0.39 is 0 Å². The van der Waals surface area contributed by atoms with Gasteiger partial charge >= 0.3 is 0 Å². The molecule has 1 fully saturated rings. The highest BCUT2D eigenvalue weighted by molar-refractivity contribution is 7.98. The van der Waals surface area contributed by atoms with E-state index in [-0.39, 0.29) is 0 Å². The number of nitrogens with zero attached hydrogens (tertiary/aromatic N) is 1. The molecule has 2 rings (SSSR count). The van der Waals surface area contributed by atoms with Crippen molar-refractivity contribution in [1.82, 2.24) is 10.3 Å². The molecule has 0 atom stereocenters. The zero-order valence-corrected chi connectivity index (χ0v) is 14.0. The molecule has 0 amide bonds. The monoisotopic (exact) mass is 298 g/mol. The minimum Gasteiger partial charge on any atom is -0.312 e. The maximum atomic E-state index is 4.90. The average Bonchev–Trinajstić information content (AvgIpc) is 3.13. The Balaban J connectivity index is 1.91. The van der Waals surface area contributed by atoms with E-state index in [1.54, 1.807) is 0 Å². The first-order valence-electron chi connectivity index (χ1n) is 7.47. The summed E-state index contributed by atoms with van der Waals surface area (Å²) in [5.41, 5.74) is 1.41. The SMILES string of the molecule is CCCSCc1nc(C2CC2)c(CNCC(C)C)s1. The molecule has 1 aromatic heterocycles. The molecule has 1 N–H and O–H groups in total. The summed E-state index contributed by atoms with van der Waals surface area (Å²) in [4.78, 5) is 6.40. The summed E-state index contributed by atoms with van der Waals surface area (Å²) in [6, 6.07) is 0. The molecule has 4 heteroatoms. The number of aromatic nitrogens is 1. The third kappa shape index (κ3) is 5.09. The predicted octanol–water partition coefficient (Wildman–Crippen LogP) is 4.41. The lowest BCUT2D eigenvalue weighted by Gasteiger charge is -2.06. The lowest BCUT2D eigenvalue weighted by molar-refractivity contribution is 0.553. The van der Waals surface area contributed by atoms with Crippen LogP contribution in [0.5, 0.6) is 0 Å². The van der Waals surface area contributed by atoms with Crippen molar-refractivity contribution in [2.24, 2.45) is 5.92 Å². The Morgan fingerprint density at radius 1 is 1.42 bits per heavy atom. The number of hydrogen-bond acceptors (Lipinski definition) is 4. The van der Waals surface area contributed by atoms with E-state index in [0.29, 0.717) is 0 Å². The smallest absolute Gasteiger partial charge is 0.103 e. The molecule has 1 aliphatic rings. The highest BCUT2D eigenvalue weighted by atomic mass is 32.2. The molecule has 0 aromatic carbocycles. The van der Waals surface area contributed by atoms with Crippen molar-refractivity contribution in [3.05, 3.63) is 15.6 Å². The van der Waals surface area contributed by atoms with Crippen LogP contribution in [0.1, 0.15) is 61.5 Å². The van der Waals surface area contributed by atoms with E-state index in [1.807, 2.05) is 23.1 Å². The van der Waals surface area contributed by atoms with Crippen molar-refractivity contribution in [2.45, 2.75) is 58.2 Å². The lowest BCUT2D eigenvalue weighted by Crippen LogP contribution is -2.18. The standard InChI is InChI=1S/C15H26N2S2/c1-4-7-18-10-14-17-15(12-5-6-12)13(19-14)9-16-8-11(2)3/h11-12,16H,4-10H2,1-3H3. The van der Waals surface area contributed by atoms with Crippen LogP contribution in [-0.2, 0) is 12.3 Å². The third-order valence-electron chi connectivity index (χ3n) is 3.15. The van der Waals surface area contributed by atoms with Gasteiger partial charge in [-0.3, -0.25) is 0 Å². The Hall–Kier alpha value is -0.0600. The number of rotatable bonds is 9. The van der Waals surface area contributed by atoms with E-state index >= 15 is 0 Å². The highest BCUT2D eigenvalue weighted by Crippen LogP contribution is 2.43. The van der Waals surface area contributed by atoms with E-state index in [0.717, 1.165) is 30.7 Å². The molecule has 0 bridgehead atoms. The van der Waals surface area contributed by atoms with Gasteiger partial charge < -0.3 is 5.32 Å². The zero-order valence-electron chi connectivity index (χ0n) is 12.4. The molecule has 1 aromatic rings. The summed E-state index contributed by atoms with van der Waals surface area (Å²) in [6.45, 7) is 8.87. The minimum atomic E-state index is 0.719. The lowest BCUT2D eigenvalue weighted by atomic mass is 10.2. The van der Waals surface area contributed by atoms with Crippen molar-refractivity contribution in [1.29, 1.82) is 0 Å². The van der Waals surface area contributed by atoms with Gasteiger partial charge in [0.15, 0.2) is 0 Å². The Morgan fingerprint density at radius 3 is 2.84 bits per heavy atom. The van der Waals surface area contributed by atoms with Crippen molar-refractivity contribution in [3.8, 4) is 0 Å². The summed E-state index contributed by atoms with van der Waals surface area (Å²) in [5, 5.41) is 4.90. The molecule has 0 spiro atoms. The molecule has 0 unspecified atom stereocenters. The predicted molar refractivity (Wildman–Crippen MR) is 87.1 cm³/mol. The maximum Gasteiger partial charge on any atom is 0.103 e. The summed E-state index contributed by atoms with van der Waals surface area (Å²) in [7, 11) is 0. The molecule has 1 heterocycles. The van der Waals surface area contributed by atoms with Gasteiger partial charge in [-0.05, 0) is 37.5 Å². The second kappa shape index (κ2) is 7.65. The Kier molecular flexibility index (Phi) is 6.17. The fourth-order valence-corrected chi connectivity index (χ4v) is 4.13. The van der Waals surface area contributed by atoms with Gasteiger partial charge in [-0.1, -0.05) is 20.8 Å². The summed E-state index contributed by atoms with van der Waals surface area (Å²) < 4.78 is 0. The molecule has 0 radical (unpaired) electrons. The summed E-state index contributed by atoms with van der Waals surface area (Å²) in [6.07, 6.45) is 3.96. The van der Waals surface area contributed by atoms with E-state index in [2.05, 4.69) is 26.1 Å². The molecule has 0 aliphatic heterocycles. The van der Waals surface area contributed by atoms with Gasteiger partial charge in [-0.15, -0.1) is 11.3 Å². The van der Waals surface area contributed by atoms with Crippen LogP contribution in [0.2, 0.25) is 0 Å². The van der Waals surface area contributed by atoms with Gasteiger partial charge in [0.1, 0.15) is 5.01 Å². The Labute approximate surface area is 125 Å². The summed E-state index contributed by atoms with van der Waals surface area (Å²) in [5.74, 6) is 3.84. The van der Waals surface area contributed by atoms with Gasteiger partial charge in [0.25, 0.3) is 0 Å². The fourth-order valence-electron chi connectivity index (χ4n) is 2.06. The van der Waals surface area contributed by atoms with Crippen LogP contribution in [0.15, 0.2) is 0 Å². The van der Waals surface area contributed by atoms with Gasteiger partial charge in [0.05, 0.1) is 5.69 Å². The maximum absolute atomic E-state index is 4.90. The second-order valence-electron chi connectivity index (χ2n) is 5.77. The van der Waals surface area contributed by atoms with E-state index in [4.69, 9.17) is 4.98 Å². The second-order valence-corrected chi connectivity index (χ2v) is 8.04. The van der Waals surface area contributed by atoms with Gasteiger partial charge in [-0.2, -0.15) is 11.8 Å². The first kappa shape index (κ1) is 15.3. The van der Waals surface area contributed by atoms with Crippen molar-refractivity contribution < 1.29 is 0 Å². The molecular formula is C15H26N2S2. The zero-order chi connectivity index (χ0) is 13.7. The van der Waals surface area contributed by atoms with Crippen molar-refractivity contribution in [2.75, 3.05) is 12.3 Å². The van der Waals surface area contributed by atoms with Gasteiger partial charge in [-0.25, -0.2) is 4.98 Å². The van der Waals surface area contributed by atoms with Crippen LogP contribution in [0.25, 0.3) is 0 Å². The highest BCUT2D eigenvalue weighted by Gasteiger charge is 2.29. The van der Waals surface area contributed by atoms with E-state index in [1.165, 1.54) is 40.6 Å². The van der Waals surface area contributed by atoms with Crippen LogP contribution in [0, 0.1) is 5.92 Å². The van der Waals surface area contributed by atoms with Gasteiger partial charge in [0, 0.05) is 23.1 Å². The number of hydrogen-bond donors (Lipinski definition) is 1. The van der Waals surface area contributed by atoms with Crippen molar-refractivity contribution >= 4 is 23.1 Å². The van der Waals surface area contributed by atoms with Gasteiger partial charge in [0.2, 0.25) is 0 Å². The largest absolute Gasteiger partial charge is 0.312 e. The quantitative estimate of drug-likeness (QED) is 0.684. The van der Waals surface area contributed by atoms with Crippen LogP contribution in [0.3, 0.4) is 0 Å². The molecule has 19 heavy (non-hydrogen) atoms. The number of thiazole rings is 1. The Morgan fingerprint density at radius 2 is 2.21 bits per heavy atom. The molecule has 1 aliphatic carbocycles. The molecular weight excluding hydrogens is 272 g/mol. The van der Waals surface area contributed by atoms with Crippen LogP contribution < -0.4 is 5.32 Å². The van der Waals surface area contributed by atoms with Crippen LogP contribution >= 0.6 is 23.1 Å². The van der Waals surface area contributed by atoms with Crippen LogP contribution in [-0.4, -0.2) is 17.3 Å². The minimum absolute atomic E-state index is 0.719. The normalized spacial score (nSPS) is 15.4. The first-order chi connectivity index (χ1) is 9.20. The number of thioether (sulfide) groups is 1. The third-order valence-corrected chi connectivity index (χ3v) is 5.58. The average molecular weight is 299 g/mol. The van der Waals surface area contributed by atoms with Crippen molar-refractivity contribution in [3.63, 3.8) is 0 Å². The number of nitrogens with one attached hydrogen (secondary N) is 1. The molecule has 0 saturated heterocycles. The summed E-state index contributed by atoms with van der Waals surface area (Å²) >= 11 is 3.95. The van der Waals surface area contributed by atoms with Crippen LogP contribution in [0.4, 0.5) is 0 Å². The van der Waals surface area contributed by atoms with E-state index in [9.17, 15) is 0 Å². The fraction of sp³-hybridized carbons (Fsp3) is 0.800. The first-order valence-corrected chi connectivity index (χ1v) is 9.44. The molecule has 1 saturated carbocycles. The molecule has 2 nitrogen and oxygen atoms in total. The topological polar surface area (TPSA) is 24.9 Å². The molecule has 108 valence electrons. The Bertz CT molecular complexity index is 383.